The smallest absolute Gasteiger partial charge is 0.243 e. The van der Waals surface area contributed by atoms with E-state index in [0.29, 0.717) is 23.7 Å². The molecule has 0 radical (unpaired) electrons. The Morgan fingerprint density at radius 2 is 1.82 bits per heavy atom. The van der Waals surface area contributed by atoms with Crippen LogP contribution in [0, 0.1) is 5.41 Å². The first-order valence-corrected chi connectivity index (χ1v) is 9.45. The van der Waals surface area contributed by atoms with Crippen molar-refractivity contribution in [3.63, 3.8) is 0 Å². The molecule has 2 amide bonds. The Morgan fingerprint density at radius 1 is 1.18 bits per heavy atom. The molecular formula is C16H27N3O2S. The van der Waals surface area contributed by atoms with Crippen molar-refractivity contribution in [3.05, 3.63) is 0 Å². The van der Waals surface area contributed by atoms with E-state index in [1.54, 1.807) is 16.7 Å². The third-order valence-corrected chi connectivity index (χ3v) is 5.92. The Labute approximate surface area is 137 Å². The van der Waals surface area contributed by atoms with E-state index in [2.05, 4.69) is 10.6 Å². The van der Waals surface area contributed by atoms with E-state index in [0.717, 1.165) is 12.8 Å². The maximum Gasteiger partial charge on any atom is 0.243 e. The van der Waals surface area contributed by atoms with Gasteiger partial charge < -0.3 is 15.5 Å². The van der Waals surface area contributed by atoms with E-state index >= 15 is 0 Å². The summed E-state index contributed by atoms with van der Waals surface area (Å²) < 4.78 is 0. The van der Waals surface area contributed by atoms with E-state index in [4.69, 9.17) is 0 Å². The van der Waals surface area contributed by atoms with Gasteiger partial charge in [0.05, 0.1) is 5.88 Å². The maximum atomic E-state index is 12.7. The summed E-state index contributed by atoms with van der Waals surface area (Å²) in [7, 11) is 0. The molecule has 0 saturated carbocycles. The van der Waals surface area contributed by atoms with Crippen LogP contribution >= 0.6 is 11.8 Å². The number of rotatable bonds is 2. The highest BCUT2D eigenvalue weighted by molar-refractivity contribution is 7.99. The molecule has 22 heavy (non-hydrogen) atoms. The summed E-state index contributed by atoms with van der Waals surface area (Å²) in [6.45, 7) is 5.74. The Bertz CT molecular complexity index is 451. The molecule has 3 unspecified atom stereocenters. The molecule has 3 fully saturated rings. The molecule has 124 valence electrons. The molecule has 0 spiro atoms. The predicted octanol–water partition coefficient (Wildman–Crippen LogP) is 1.33. The first-order valence-electron chi connectivity index (χ1n) is 8.30. The van der Waals surface area contributed by atoms with Crippen LogP contribution in [0.2, 0.25) is 0 Å². The largest absolute Gasteiger partial charge is 0.351 e. The highest BCUT2D eigenvalue weighted by Gasteiger charge is 2.41. The topological polar surface area (TPSA) is 61.4 Å². The second kappa shape index (κ2) is 6.04. The average Bonchev–Trinajstić information content (AvgIpc) is 3.03. The molecule has 5 nitrogen and oxygen atoms in total. The SMILES string of the molecule is CC(C)(C)C(=O)N1CSCC1C(=O)NC1CC2CCC(C1)N2. The van der Waals surface area contributed by atoms with Crippen LogP contribution < -0.4 is 10.6 Å². The minimum Gasteiger partial charge on any atom is -0.351 e. The van der Waals surface area contributed by atoms with Crippen LogP contribution in [0.25, 0.3) is 0 Å². The van der Waals surface area contributed by atoms with Crippen molar-refractivity contribution in [2.75, 3.05) is 11.6 Å². The van der Waals surface area contributed by atoms with E-state index in [9.17, 15) is 9.59 Å². The average molecular weight is 325 g/mol. The first kappa shape index (κ1) is 16.1. The summed E-state index contributed by atoms with van der Waals surface area (Å²) in [5.74, 6) is 1.45. The molecule has 2 N–H and O–H groups in total. The molecule has 3 aliphatic rings. The van der Waals surface area contributed by atoms with Crippen LogP contribution in [0.15, 0.2) is 0 Å². The van der Waals surface area contributed by atoms with Crippen molar-refractivity contribution in [1.82, 2.24) is 15.5 Å². The number of hydrogen-bond donors (Lipinski definition) is 2. The molecule has 0 aromatic carbocycles. The lowest BCUT2D eigenvalue weighted by molar-refractivity contribution is -0.144. The molecule has 6 heteroatoms. The number of hydrogen-bond acceptors (Lipinski definition) is 4. The monoisotopic (exact) mass is 325 g/mol. The third kappa shape index (κ3) is 3.27. The number of nitrogens with one attached hydrogen (secondary N) is 2. The minimum absolute atomic E-state index is 0.0360. The van der Waals surface area contributed by atoms with Gasteiger partial charge >= 0.3 is 0 Å². The van der Waals surface area contributed by atoms with E-state index in [1.165, 1.54) is 12.8 Å². The zero-order chi connectivity index (χ0) is 15.9. The van der Waals surface area contributed by atoms with Crippen molar-refractivity contribution in [1.29, 1.82) is 0 Å². The van der Waals surface area contributed by atoms with Gasteiger partial charge in [0.25, 0.3) is 0 Å². The van der Waals surface area contributed by atoms with Gasteiger partial charge in [0, 0.05) is 29.3 Å². The molecule has 3 saturated heterocycles. The third-order valence-electron chi connectivity index (χ3n) is 4.91. The van der Waals surface area contributed by atoms with Gasteiger partial charge in [-0.1, -0.05) is 20.8 Å². The Balaban J connectivity index is 1.60. The molecule has 0 aromatic rings. The van der Waals surface area contributed by atoms with Gasteiger partial charge in [-0.15, -0.1) is 11.8 Å². The number of fused-ring (bicyclic) bond motifs is 2. The standard InChI is InChI=1S/C16H27N3O2S/c1-16(2,3)15(21)19-9-22-8-13(19)14(20)18-12-6-10-4-5-11(7-12)17-10/h10-13,17H,4-9H2,1-3H3,(H,18,20). The summed E-state index contributed by atoms with van der Waals surface area (Å²) in [6, 6.07) is 1.09. The van der Waals surface area contributed by atoms with E-state index in [-0.39, 0.29) is 23.9 Å². The number of nitrogens with zero attached hydrogens (tertiary/aromatic N) is 1. The zero-order valence-corrected chi connectivity index (χ0v) is 14.5. The number of carbonyl (C=O) groups is 2. The van der Waals surface area contributed by atoms with Crippen LogP contribution in [-0.4, -0.2) is 52.5 Å². The Hall–Kier alpha value is -0.750. The number of carbonyl (C=O) groups excluding carboxylic acids is 2. The summed E-state index contributed by atoms with van der Waals surface area (Å²) in [4.78, 5) is 26.9. The molecule has 3 rings (SSSR count). The van der Waals surface area contributed by atoms with Crippen molar-refractivity contribution in [2.45, 2.75) is 70.6 Å². The molecule has 3 atom stereocenters. The molecule has 0 aliphatic carbocycles. The fraction of sp³-hybridized carbons (Fsp3) is 0.875. The van der Waals surface area contributed by atoms with Gasteiger partial charge in [-0.2, -0.15) is 0 Å². The van der Waals surface area contributed by atoms with E-state index in [1.807, 2.05) is 20.8 Å². The quantitative estimate of drug-likeness (QED) is 0.804. The molecule has 3 aliphatic heterocycles. The number of amides is 2. The van der Waals surface area contributed by atoms with Gasteiger partial charge in [-0.25, -0.2) is 0 Å². The van der Waals surface area contributed by atoms with Crippen LogP contribution in [0.1, 0.15) is 46.5 Å². The van der Waals surface area contributed by atoms with Gasteiger partial charge in [0.15, 0.2) is 0 Å². The maximum absolute atomic E-state index is 12.7. The lowest BCUT2D eigenvalue weighted by Crippen LogP contribution is -2.55. The van der Waals surface area contributed by atoms with Crippen LogP contribution in [0.5, 0.6) is 0 Å². The lowest BCUT2D eigenvalue weighted by Gasteiger charge is -2.33. The van der Waals surface area contributed by atoms with Gasteiger partial charge in [0.2, 0.25) is 11.8 Å². The van der Waals surface area contributed by atoms with Crippen LogP contribution in [0.3, 0.4) is 0 Å². The normalized spacial score (nSPS) is 34.8. The fourth-order valence-electron chi connectivity index (χ4n) is 3.76. The van der Waals surface area contributed by atoms with Crippen molar-refractivity contribution in [2.24, 2.45) is 5.41 Å². The van der Waals surface area contributed by atoms with Crippen molar-refractivity contribution < 1.29 is 9.59 Å². The lowest BCUT2D eigenvalue weighted by atomic mass is 9.94. The van der Waals surface area contributed by atoms with Gasteiger partial charge in [-0.05, 0) is 25.7 Å². The summed E-state index contributed by atoms with van der Waals surface area (Å²) in [5.41, 5.74) is -0.433. The summed E-state index contributed by atoms with van der Waals surface area (Å²) >= 11 is 1.67. The van der Waals surface area contributed by atoms with E-state index < -0.39 is 5.41 Å². The molecule has 2 bridgehead atoms. The van der Waals surface area contributed by atoms with Crippen LogP contribution in [0.4, 0.5) is 0 Å². The van der Waals surface area contributed by atoms with Gasteiger partial charge in [-0.3, -0.25) is 9.59 Å². The molecule has 3 heterocycles. The second-order valence-electron chi connectivity index (χ2n) is 7.86. The Kier molecular flexibility index (Phi) is 4.42. The first-order chi connectivity index (χ1) is 10.3. The number of thioether (sulfide) groups is 1. The van der Waals surface area contributed by atoms with Crippen molar-refractivity contribution in [3.8, 4) is 0 Å². The fourth-order valence-corrected chi connectivity index (χ4v) is 4.92. The minimum atomic E-state index is -0.433. The summed E-state index contributed by atoms with van der Waals surface area (Å²) in [6.07, 6.45) is 4.50. The van der Waals surface area contributed by atoms with Crippen LogP contribution in [-0.2, 0) is 9.59 Å². The highest BCUT2D eigenvalue weighted by atomic mass is 32.2. The predicted molar refractivity (Wildman–Crippen MR) is 88.5 cm³/mol. The Morgan fingerprint density at radius 3 is 2.41 bits per heavy atom. The summed E-state index contributed by atoms with van der Waals surface area (Å²) in [5, 5.41) is 6.80. The highest BCUT2D eigenvalue weighted by Crippen LogP contribution is 2.29. The van der Waals surface area contributed by atoms with Crippen molar-refractivity contribution >= 4 is 23.6 Å². The number of piperidine rings is 1. The molecular weight excluding hydrogens is 298 g/mol. The zero-order valence-electron chi connectivity index (χ0n) is 13.7. The molecule has 0 aromatic heterocycles. The second-order valence-corrected chi connectivity index (χ2v) is 8.86. The van der Waals surface area contributed by atoms with Gasteiger partial charge in [0.1, 0.15) is 6.04 Å².